The van der Waals surface area contributed by atoms with Crippen molar-refractivity contribution >= 4 is 18.2 Å². The van der Waals surface area contributed by atoms with E-state index in [-0.39, 0.29) is 0 Å². The van der Waals surface area contributed by atoms with Gasteiger partial charge in [-0.25, -0.2) is 0 Å². The predicted molar refractivity (Wildman–Crippen MR) is 69.8 cm³/mol. The molecule has 2 N–H and O–H groups in total. The molecule has 3 rings (SSSR count). The van der Waals surface area contributed by atoms with E-state index in [1.54, 1.807) is 6.07 Å². The number of aromatic amines is 1. The molecule has 0 bridgehead atoms. The molecule has 0 amide bonds. The minimum atomic E-state index is -1.19. The highest BCUT2D eigenvalue weighted by atomic mass is 16.7. The Morgan fingerprint density at radius 2 is 2.17 bits per heavy atom. The van der Waals surface area contributed by atoms with Gasteiger partial charge in [-0.1, -0.05) is 0 Å². The second kappa shape index (κ2) is 4.22. The van der Waals surface area contributed by atoms with Gasteiger partial charge in [-0.05, 0) is 38.2 Å². The zero-order valence-electron chi connectivity index (χ0n) is 10.4. The number of nitrogens with one attached hydrogen (secondary N) is 1. The summed E-state index contributed by atoms with van der Waals surface area (Å²) >= 11 is 0. The number of fused-ring (bicyclic) bond motifs is 3. The van der Waals surface area contributed by atoms with E-state index in [1.165, 1.54) is 5.56 Å². The zero-order valence-corrected chi connectivity index (χ0v) is 10.4. The van der Waals surface area contributed by atoms with Crippen LogP contribution in [0.2, 0.25) is 0 Å². The van der Waals surface area contributed by atoms with E-state index in [9.17, 15) is 5.02 Å². The lowest BCUT2D eigenvalue weighted by molar-refractivity contribution is 0.342. The Balaban J connectivity index is 2.04. The van der Waals surface area contributed by atoms with Gasteiger partial charge in [0.05, 0.1) is 0 Å². The molecule has 0 spiro atoms. The molecular formula is C12H15BN2O3. The molecule has 0 saturated carbocycles. The minimum Gasteiger partial charge on any atom is -0.498 e. The number of aromatic nitrogens is 1. The van der Waals surface area contributed by atoms with Crippen LogP contribution in [-0.4, -0.2) is 42.9 Å². The molecule has 0 saturated heterocycles. The standard InChI is InChI=1S/C12H15BN2O3/c1-15(2)6-5-8-7-14-9-3-4-10-12(11(8)9)18-13(16)17-10/h3-4,7,14,16H,5-6H2,1-2H3. The SMILES string of the molecule is CN(C)CCc1c[nH]c2ccc3c(c12)OB(O)O3. The van der Waals surface area contributed by atoms with Crippen molar-refractivity contribution < 1.29 is 14.3 Å². The topological polar surface area (TPSA) is 57.7 Å². The first-order valence-electron chi connectivity index (χ1n) is 5.94. The molecule has 1 aliphatic rings. The molecule has 18 heavy (non-hydrogen) atoms. The van der Waals surface area contributed by atoms with E-state index in [0.29, 0.717) is 11.5 Å². The number of likely N-dealkylation sites (N-methyl/N-ethyl adjacent to an activating group) is 1. The molecular weight excluding hydrogens is 231 g/mol. The molecule has 0 atom stereocenters. The van der Waals surface area contributed by atoms with Crippen molar-refractivity contribution in [1.29, 1.82) is 0 Å². The highest BCUT2D eigenvalue weighted by Gasteiger charge is 2.33. The summed E-state index contributed by atoms with van der Waals surface area (Å²) in [6.45, 7) is 0.958. The molecule has 0 radical (unpaired) electrons. The van der Waals surface area contributed by atoms with Gasteiger partial charge in [0.15, 0.2) is 5.75 Å². The summed E-state index contributed by atoms with van der Waals surface area (Å²) in [5.41, 5.74) is 2.17. The average Bonchev–Trinajstić information content (AvgIpc) is 2.87. The summed E-state index contributed by atoms with van der Waals surface area (Å²) in [7, 11) is 2.90. The summed E-state index contributed by atoms with van der Waals surface area (Å²) < 4.78 is 10.5. The van der Waals surface area contributed by atoms with Crippen LogP contribution in [0.1, 0.15) is 5.56 Å². The van der Waals surface area contributed by atoms with Crippen molar-refractivity contribution in [3.8, 4) is 11.5 Å². The summed E-state index contributed by atoms with van der Waals surface area (Å²) in [6, 6.07) is 3.74. The van der Waals surface area contributed by atoms with Gasteiger partial charge in [0, 0.05) is 23.6 Å². The van der Waals surface area contributed by atoms with E-state index < -0.39 is 7.32 Å². The van der Waals surface area contributed by atoms with E-state index >= 15 is 0 Å². The highest BCUT2D eigenvalue weighted by molar-refractivity contribution is 6.39. The predicted octanol–water partition coefficient (Wildman–Crippen LogP) is 1.02. The Hall–Kier alpha value is -1.66. The maximum atomic E-state index is 9.39. The fraction of sp³-hybridized carbons (Fsp3) is 0.333. The van der Waals surface area contributed by atoms with Gasteiger partial charge >= 0.3 is 7.32 Å². The molecule has 0 fully saturated rings. The lowest BCUT2D eigenvalue weighted by atomic mass is 10.1. The number of hydrogen-bond acceptors (Lipinski definition) is 4. The molecule has 0 aliphatic carbocycles. The van der Waals surface area contributed by atoms with E-state index in [4.69, 9.17) is 9.31 Å². The largest absolute Gasteiger partial charge is 0.785 e. The molecule has 1 aliphatic heterocycles. The van der Waals surface area contributed by atoms with E-state index in [1.807, 2.05) is 26.4 Å². The van der Waals surface area contributed by atoms with Crippen LogP contribution in [0.4, 0.5) is 0 Å². The summed E-state index contributed by atoms with van der Waals surface area (Å²) in [5, 5.41) is 10.4. The molecule has 6 heteroatoms. The third-order valence-electron chi connectivity index (χ3n) is 3.12. The Morgan fingerprint density at radius 3 is 2.94 bits per heavy atom. The number of benzene rings is 1. The average molecular weight is 246 g/mol. The second-order valence-corrected chi connectivity index (χ2v) is 4.73. The maximum absolute atomic E-state index is 9.39. The van der Waals surface area contributed by atoms with Crippen molar-refractivity contribution in [2.24, 2.45) is 0 Å². The Labute approximate surface area is 105 Å². The lowest BCUT2D eigenvalue weighted by Crippen LogP contribution is -2.23. The van der Waals surface area contributed by atoms with Gasteiger partial charge in [0.1, 0.15) is 5.75 Å². The van der Waals surface area contributed by atoms with Crippen LogP contribution in [0.25, 0.3) is 10.9 Å². The first-order chi connectivity index (χ1) is 8.65. The van der Waals surface area contributed by atoms with Crippen LogP contribution >= 0.6 is 0 Å². The van der Waals surface area contributed by atoms with Crippen molar-refractivity contribution in [3.63, 3.8) is 0 Å². The summed E-state index contributed by atoms with van der Waals surface area (Å²) in [5.74, 6) is 1.23. The van der Waals surface area contributed by atoms with Gasteiger partial charge in [-0.15, -0.1) is 0 Å². The van der Waals surface area contributed by atoms with E-state index in [0.717, 1.165) is 23.9 Å². The van der Waals surface area contributed by atoms with Gasteiger partial charge in [-0.3, -0.25) is 0 Å². The first-order valence-corrected chi connectivity index (χ1v) is 5.94. The second-order valence-electron chi connectivity index (χ2n) is 4.73. The minimum absolute atomic E-state index is 0.598. The first kappa shape index (κ1) is 11.4. The molecule has 2 aromatic rings. The van der Waals surface area contributed by atoms with Gasteiger partial charge in [0.2, 0.25) is 0 Å². The quantitative estimate of drug-likeness (QED) is 0.794. The number of H-pyrrole nitrogens is 1. The third kappa shape index (κ3) is 1.83. The monoisotopic (exact) mass is 246 g/mol. The van der Waals surface area contributed by atoms with Gasteiger partial charge < -0.3 is 24.2 Å². The van der Waals surface area contributed by atoms with Crippen molar-refractivity contribution in [2.75, 3.05) is 20.6 Å². The Kier molecular flexibility index (Phi) is 2.68. The van der Waals surface area contributed by atoms with Crippen molar-refractivity contribution in [3.05, 3.63) is 23.9 Å². The fourth-order valence-corrected chi connectivity index (χ4v) is 2.22. The molecule has 2 heterocycles. The van der Waals surface area contributed by atoms with Crippen molar-refractivity contribution in [1.82, 2.24) is 9.88 Å². The number of hydrogen-bond donors (Lipinski definition) is 2. The molecule has 94 valence electrons. The Bertz CT molecular complexity index is 582. The van der Waals surface area contributed by atoms with Gasteiger partial charge in [-0.2, -0.15) is 0 Å². The highest BCUT2D eigenvalue weighted by Crippen LogP contribution is 2.41. The Morgan fingerprint density at radius 1 is 1.33 bits per heavy atom. The van der Waals surface area contributed by atoms with Crippen LogP contribution in [0.3, 0.4) is 0 Å². The normalized spacial score (nSPS) is 13.9. The van der Waals surface area contributed by atoms with Crippen LogP contribution < -0.4 is 9.31 Å². The van der Waals surface area contributed by atoms with Crippen LogP contribution in [0.15, 0.2) is 18.3 Å². The third-order valence-corrected chi connectivity index (χ3v) is 3.12. The molecule has 1 aromatic carbocycles. The van der Waals surface area contributed by atoms with Gasteiger partial charge in [0.25, 0.3) is 0 Å². The fourth-order valence-electron chi connectivity index (χ4n) is 2.22. The number of nitrogens with zero attached hydrogens (tertiary/aromatic N) is 1. The maximum Gasteiger partial charge on any atom is 0.785 e. The lowest BCUT2D eigenvalue weighted by Gasteiger charge is -2.09. The molecule has 5 nitrogen and oxygen atoms in total. The molecule has 1 aromatic heterocycles. The van der Waals surface area contributed by atoms with Crippen molar-refractivity contribution in [2.45, 2.75) is 6.42 Å². The summed E-state index contributed by atoms with van der Waals surface area (Å²) in [4.78, 5) is 5.35. The smallest absolute Gasteiger partial charge is 0.498 e. The van der Waals surface area contributed by atoms with E-state index in [2.05, 4.69) is 9.88 Å². The summed E-state index contributed by atoms with van der Waals surface area (Å²) in [6.07, 6.45) is 2.91. The van der Waals surface area contributed by atoms with Crippen LogP contribution in [-0.2, 0) is 6.42 Å². The number of rotatable bonds is 3. The zero-order chi connectivity index (χ0) is 12.7. The molecule has 0 unspecified atom stereocenters. The van der Waals surface area contributed by atoms with Crippen LogP contribution in [0.5, 0.6) is 11.5 Å². The van der Waals surface area contributed by atoms with Crippen LogP contribution in [0, 0.1) is 0 Å².